The molecule has 0 spiro atoms. The smallest absolute Gasteiger partial charge is 0.318 e. The summed E-state index contributed by atoms with van der Waals surface area (Å²) in [4.78, 5) is 32.3. The van der Waals surface area contributed by atoms with Crippen molar-refractivity contribution in [3.8, 4) is 22.5 Å². The Labute approximate surface area is 240 Å². The Morgan fingerprint density at radius 2 is 1.80 bits per heavy atom. The van der Waals surface area contributed by atoms with Gasteiger partial charge in [-0.05, 0) is 79.0 Å². The van der Waals surface area contributed by atoms with Crippen LogP contribution in [0.4, 0.5) is 4.79 Å². The second-order valence-electron chi connectivity index (χ2n) is 12.0. The van der Waals surface area contributed by atoms with Crippen LogP contribution in [0, 0.1) is 5.92 Å². The molecule has 2 heterocycles. The van der Waals surface area contributed by atoms with Crippen LogP contribution in [0.2, 0.25) is 0 Å². The summed E-state index contributed by atoms with van der Waals surface area (Å²) in [6, 6.07) is 22.5. The van der Waals surface area contributed by atoms with Gasteiger partial charge in [-0.15, -0.1) is 0 Å². The van der Waals surface area contributed by atoms with Gasteiger partial charge in [0.25, 0.3) is 0 Å². The minimum Gasteiger partial charge on any atom is -0.352 e. The third-order valence-electron chi connectivity index (χ3n) is 7.88. The molecule has 3 amide bonds. The van der Waals surface area contributed by atoms with Gasteiger partial charge >= 0.3 is 6.03 Å². The maximum Gasteiger partial charge on any atom is 0.318 e. The van der Waals surface area contributed by atoms with Gasteiger partial charge in [0.2, 0.25) is 18.1 Å². The molecule has 41 heavy (non-hydrogen) atoms. The number of carbonyl (C=O) groups excluding carboxylic acids is 2. The molecule has 1 aliphatic heterocycles. The zero-order valence-corrected chi connectivity index (χ0v) is 23.7. The molecule has 1 saturated carbocycles. The van der Waals surface area contributed by atoms with Crippen molar-refractivity contribution < 1.29 is 14.1 Å². The minimum absolute atomic E-state index is 0.00874. The maximum absolute atomic E-state index is 13.1. The Morgan fingerprint density at radius 1 is 1.00 bits per heavy atom. The number of hydrogen-bond donors (Lipinski definition) is 2. The Balaban J connectivity index is 1.27. The van der Waals surface area contributed by atoms with Crippen molar-refractivity contribution >= 4 is 11.9 Å². The van der Waals surface area contributed by atoms with E-state index in [4.69, 9.17) is 4.52 Å². The quantitative estimate of drug-likeness (QED) is 0.322. The number of aromatic nitrogens is 2. The molecule has 8 nitrogen and oxygen atoms in total. The highest BCUT2D eigenvalue weighted by atomic mass is 16.5. The zero-order valence-electron chi connectivity index (χ0n) is 23.7. The summed E-state index contributed by atoms with van der Waals surface area (Å²) in [6.07, 6.45) is 2.92. The SMILES string of the molecule is CC(C)(C)NC(=O)N1CCc2c(-c3cccc(-c4ncon4)c3)ccc(CNC(=O)[C@@H]3C[C@H]3c3ccccc3)c2C1. The van der Waals surface area contributed by atoms with Crippen LogP contribution in [0.1, 0.15) is 55.4 Å². The van der Waals surface area contributed by atoms with Crippen LogP contribution in [0.15, 0.2) is 77.6 Å². The van der Waals surface area contributed by atoms with Crippen LogP contribution in [0.5, 0.6) is 0 Å². The van der Waals surface area contributed by atoms with Crippen LogP contribution in [0.3, 0.4) is 0 Å². The van der Waals surface area contributed by atoms with Crippen LogP contribution < -0.4 is 10.6 Å². The number of nitrogens with one attached hydrogen (secondary N) is 2. The molecule has 1 aliphatic carbocycles. The van der Waals surface area contributed by atoms with Crippen LogP contribution in [-0.2, 0) is 24.3 Å². The molecule has 2 N–H and O–H groups in total. The lowest BCUT2D eigenvalue weighted by molar-refractivity contribution is -0.122. The highest BCUT2D eigenvalue weighted by Crippen LogP contribution is 2.47. The van der Waals surface area contributed by atoms with Gasteiger partial charge in [0.1, 0.15) is 0 Å². The molecule has 4 aromatic rings. The lowest BCUT2D eigenvalue weighted by Gasteiger charge is -2.34. The van der Waals surface area contributed by atoms with Crippen molar-refractivity contribution in [1.29, 1.82) is 0 Å². The number of nitrogens with zero attached hydrogens (tertiary/aromatic N) is 3. The van der Waals surface area contributed by atoms with Crippen molar-refractivity contribution in [3.63, 3.8) is 0 Å². The lowest BCUT2D eigenvalue weighted by Crippen LogP contribution is -2.50. The Hall–Kier alpha value is -4.46. The van der Waals surface area contributed by atoms with Gasteiger partial charge in [-0.1, -0.05) is 65.8 Å². The predicted octanol–water partition coefficient (Wildman–Crippen LogP) is 5.69. The average molecular weight is 550 g/mol. The summed E-state index contributed by atoms with van der Waals surface area (Å²) in [6.45, 7) is 7.48. The first-order valence-corrected chi connectivity index (χ1v) is 14.2. The molecule has 210 valence electrons. The number of fused-ring (bicyclic) bond motifs is 1. The van der Waals surface area contributed by atoms with Crippen LogP contribution >= 0.6 is 0 Å². The van der Waals surface area contributed by atoms with E-state index in [2.05, 4.69) is 57.2 Å². The monoisotopic (exact) mass is 549 g/mol. The van der Waals surface area contributed by atoms with Crippen molar-refractivity contribution in [2.75, 3.05) is 6.54 Å². The van der Waals surface area contributed by atoms with Crippen molar-refractivity contribution in [2.45, 2.75) is 58.2 Å². The number of hydrogen-bond acceptors (Lipinski definition) is 5. The number of carbonyl (C=O) groups is 2. The van der Waals surface area contributed by atoms with Crippen molar-refractivity contribution in [3.05, 3.63) is 95.4 Å². The minimum atomic E-state index is -0.328. The summed E-state index contributed by atoms with van der Waals surface area (Å²) in [5.41, 5.74) is 7.27. The fourth-order valence-corrected chi connectivity index (χ4v) is 5.74. The molecule has 2 atom stereocenters. The predicted molar refractivity (Wildman–Crippen MR) is 157 cm³/mol. The molecule has 6 rings (SSSR count). The number of amides is 3. The molecule has 1 fully saturated rings. The summed E-state index contributed by atoms with van der Waals surface area (Å²) in [7, 11) is 0. The van der Waals surface area contributed by atoms with E-state index in [0.717, 1.165) is 40.7 Å². The third-order valence-corrected chi connectivity index (χ3v) is 7.88. The van der Waals surface area contributed by atoms with E-state index in [0.29, 0.717) is 25.5 Å². The Bertz CT molecular complexity index is 1560. The summed E-state index contributed by atoms with van der Waals surface area (Å²) >= 11 is 0. The maximum atomic E-state index is 13.1. The number of rotatable bonds is 6. The standard InChI is InChI=1S/C33H35N5O3/c1-33(2,3)36-32(40)38-15-14-26-25(22-10-7-11-23(16-22)30-35-20-41-37-30)13-12-24(29(26)19-38)18-34-31(39)28-17-27(28)21-8-5-4-6-9-21/h4-13,16,20,27-28H,14-15,17-19H2,1-3H3,(H,34,39)(H,36,40)/t27-,28+/m0/s1. The number of benzene rings is 3. The number of urea groups is 1. The zero-order chi connectivity index (χ0) is 28.6. The van der Waals surface area contributed by atoms with E-state index in [1.165, 1.54) is 17.5 Å². The fourth-order valence-electron chi connectivity index (χ4n) is 5.74. The topological polar surface area (TPSA) is 100 Å². The Kier molecular flexibility index (Phi) is 7.07. The van der Waals surface area contributed by atoms with Gasteiger partial charge < -0.3 is 20.1 Å². The summed E-state index contributed by atoms with van der Waals surface area (Å²) in [5.74, 6) is 0.923. The molecule has 3 aromatic carbocycles. The molecule has 8 heteroatoms. The molecule has 0 bridgehead atoms. The third kappa shape index (κ3) is 5.87. The fraction of sp³-hybridized carbons (Fsp3) is 0.333. The van der Waals surface area contributed by atoms with E-state index in [-0.39, 0.29) is 29.3 Å². The highest BCUT2D eigenvalue weighted by Gasteiger charge is 2.43. The first kappa shape index (κ1) is 26.7. The van der Waals surface area contributed by atoms with Gasteiger partial charge in [0, 0.05) is 36.7 Å². The first-order valence-electron chi connectivity index (χ1n) is 14.2. The van der Waals surface area contributed by atoms with Gasteiger partial charge in [-0.3, -0.25) is 4.79 Å². The van der Waals surface area contributed by atoms with E-state index >= 15 is 0 Å². The van der Waals surface area contributed by atoms with Crippen molar-refractivity contribution in [1.82, 2.24) is 25.7 Å². The second kappa shape index (κ2) is 10.8. The largest absolute Gasteiger partial charge is 0.352 e. The normalized spacial score (nSPS) is 18.0. The molecule has 0 radical (unpaired) electrons. The van der Waals surface area contributed by atoms with E-state index in [1.807, 2.05) is 56.0 Å². The molecular weight excluding hydrogens is 514 g/mol. The van der Waals surface area contributed by atoms with E-state index < -0.39 is 0 Å². The molecular formula is C33H35N5O3. The van der Waals surface area contributed by atoms with Gasteiger partial charge in [-0.2, -0.15) is 4.98 Å². The molecule has 0 unspecified atom stereocenters. The average Bonchev–Trinajstić information content (AvgIpc) is 3.59. The van der Waals surface area contributed by atoms with Crippen molar-refractivity contribution in [2.24, 2.45) is 5.92 Å². The van der Waals surface area contributed by atoms with Gasteiger partial charge in [-0.25, -0.2) is 4.79 Å². The first-order chi connectivity index (χ1) is 19.8. The summed E-state index contributed by atoms with van der Waals surface area (Å²) in [5, 5.41) is 10.3. The molecule has 1 aromatic heterocycles. The Morgan fingerprint density at radius 3 is 2.56 bits per heavy atom. The van der Waals surface area contributed by atoms with Crippen LogP contribution in [0.25, 0.3) is 22.5 Å². The van der Waals surface area contributed by atoms with Gasteiger partial charge in [0.15, 0.2) is 0 Å². The van der Waals surface area contributed by atoms with E-state index in [9.17, 15) is 9.59 Å². The highest BCUT2D eigenvalue weighted by molar-refractivity contribution is 5.83. The van der Waals surface area contributed by atoms with Gasteiger partial charge in [0.05, 0.1) is 0 Å². The molecule has 0 saturated heterocycles. The van der Waals surface area contributed by atoms with E-state index in [1.54, 1.807) is 0 Å². The summed E-state index contributed by atoms with van der Waals surface area (Å²) < 4.78 is 4.95. The second-order valence-corrected chi connectivity index (χ2v) is 12.0. The lowest BCUT2D eigenvalue weighted by atomic mass is 9.87. The van der Waals surface area contributed by atoms with Crippen LogP contribution in [-0.4, -0.2) is 39.1 Å². The molecule has 2 aliphatic rings.